The zero-order chi connectivity index (χ0) is 17.8. The van der Waals surface area contributed by atoms with E-state index in [-0.39, 0.29) is 18.5 Å². The predicted molar refractivity (Wildman–Crippen MR) is 93.3 cm³/mol. The van der Waals surface area contributed by atoms with Crippen LogP contribution < -0.4 is 5.11 Å². The molecule has 1 rings (SSSR count). The van der Waals surface area contributed by atoms with Crippen molar-refractivity contribution in [3.63, 3.8) is 0 Å². The molecule has 0 saturated heterocycles. The van der Waals surface area contributed by atoms with Crippen molar-refractivity contribution in [1.29, 1.82) is 0 Å². The zero-order valence-corrected chi connectivity index (χ0v) is 15.4. The molecule has 1 unspecified atom stereocenters. The Morgan fingerprint density at radius 1 is 1.04 bits per heavy atom. The fraction of sp³-hybridized carbons (Fsp3) is 0.800. The molecule has 4 heteroatoms. The van der Waals surface area contributed by atoms with Gasteiger partial charge in [0.15, 0.2) is 0 Å². The highest BCUT2D eigenvalue weighted by Gasteiger charge is 2.27. The molecule has 0 aromatic heterocycles. The van der Waals surface area contributed by atoms with Gasteiger partial charge < -0.3 is 14.6 Å². The molecule has 0 bridgehead atoms. The molecule has 0 heterocycles. The van der Waals surface area contributed by atoms with Gasteiger partial charge in [0, 0.05) is 18.8 Å². The maximum atomic E-state index is 12.1. The summed E-state index contributed by atoms with van der Waals surface area (Å²) in [4.78, 5) is 23.0. The number of aliphatic carboxylic acids is 1. The van der Waals surface area contributed by atoms with Crippen molar-refractivity contribution in [3.05, 3.63) is 11.1 Å². The Morgan fingerprint density at radius 2 is 1.71 bits per heavy atom. The van der Waals surface area contributed by atoms with Crippen molar-refractivity contribution >= 4 is 11.9 Å². The Bertz CT molecular complexity index is 425. The van der Waals surface area contributed by atoms with Gasteiger partial charge >= 0.3 is 5.97 Å². The maximum absolute atomic E-state index is 12.1. The summed E-state index contributed by atoms with van der Waals surface area (Å²) in [5, 5.41) is 10.9. The molecule has 138 valence electrons. The number of unbranched alkanes of at least 4 members (excludes halogenated alkanes) is 6. The molecule has 0 spiro atoms. The number of hydrogen-bond donors (Lipinski definition) is 0. The quantitative estimate of drug-likeness (QED) is 0.289. The molecule has 0 amide bonds. The summed E-state index contributed by atoms with van der Waals surface area (Å²) < 4.78 is 5.66. The number of carboxylic acids is 1. The Morgan fingerprint density at radius 3 is 2.38 bits per heavy atom. The average Bonchev–Trinajstić information content (AvgIpc) is 2.89. The minimum absolute atomic E-state index is 0.0213. The SMILES string of the molecule is CCCCCCCC(=O)OC1CCC(CC(=O)[O-])=C1CCCCC. The summed E-state index contributed by atoms with van der Waals surface area (Å²) in [5.74, 6) is -1.18. The number of esters is 1. The average molecular weight is 337 g/mol. The van der Waals surface area contributed by atoms with Gasteiger partial charge in [0.2, 0.25) is 0 Å². The molecular formula is C20H33O4-. The van der Waals surface area contributed by atoms with Crippen molar-refractivity contribution in [2.24, 2.45) is 0 Å². The van der Waals surface area contributed by atoms with E-state index >= 15 is 0 Å². The van der Waals surface area contributed by atoms with Crippen LogP contribution in [0.3, 0.4) is 0 Å². The van der Waals surface area contributed by atoms with Gasteiger partial charge in [0.05, 0.1) is 0 Å². The lowest BCUT2D eigenvalue weighted by Gasteiger charge is -2.17. The summed E-state index contributed by atoms with van der Waals surface area (Å²) in [6.07, 6.45) is 11.3. The summed E-state index contributed by atoms with van der Waals surface area (Å²) >= 11 is 0. The summed E-state index contributed by atoms with van der Waals surface area (Å²) in [6.45, 7) is 4.31. The number of carboxylic acid groups (broad SMARTS) is 1. The van der Waals surface area contributed by atoms with E-state index < -0.39 is 5.97 Å². The lowest BCUT2D eigenvalue weighted by atomic mass is 10.0. The van der Waals surface area contributed by atoms with Crippen LogP contribution >= 0.6 is 0 Å². The first-order valence-corrected chi connectivity index (χ1v) is 9.68. The number of carbonyl (C=O) groups excluding carboxylic acids is 2. The first kappa shape index (κ1) is 20.7. The standard InChI is InChI=1S/C20H34O4/c1-3-5-7-8-10-12-20(23)24-18-14-13-16(15-19(21)22)17(18)11-9-6-4-2/h18H,3-15H2,1-2H3,(H,21,22)/p-1. The Balaban J connectivity index is 2.49. The smallest absolute Gasteiger partial charge is 0.306 e. The fourth-order valence-electron chi connectivity index (χ4n) is 3.37. The normalized spacial score (nSPS) is 17.3. The van der Waals surface area contributed by atoms with Crippen molar-refractivity contribution in [2.45, 2.75) is 103 Å². The van der Waals surface area contributed by atoms with Crippen LogP contribution in [0, 0.1) is 0 Å². The molecule has 1 aliphatic rings. The van der Waals surface area contributed by atoms with E-state index in [1.54, 1.807) is 0 Å². The largest absolute Gasteiger partial charge is 0.550 e. The lowest BCUT2D eigenvalue weighted by molar-refractivity contribution is -0.304. The van der Waals surface area contributed by atoms with Gasteiger partial charge in [-0.25, -0.2) is 0 Å². The van der Waals surface area contributed by atoms with Gasteiger partial charge in [-0.05, 0) is 37.7 Å². The van der Waals surface area contributed by atoms with Crippen LogP contribution in [0.2, 0.25) is 0 Å². The van der Waals surface area contributed by atoms with Crippen molar-refractivity contribution in [1.82, 2.24) is 0 Å². The second-order valence-electron chi connectivity index (χ2n) is 6.82. The van der Waals surface area contributed by atoms with Gasteiger partial charge in [0.25, 0.3) is 0 Å². The van der Waals surface area contributed by atoms with Crippen LogP contribution in [0.15, 0.2) is 11.1 Å². The summed E-state index contributed by atoms with van der Waals surface area (Å²) in [7, 11) is 0. The number of carbonyl (C=O) groups is 2. The number of ether oxygens (including phenoxy) is 1. The molecule has 0 radical (unpaired) electrons. The van der Waals surface area contributed by atoms with Crippen LogP contribution in [-0.4, -0.2) is 18.0 Å². The van der Waals surface area contributed by atoms with E-state index in [2.05, 4.69) is 13.8 Å². The van der Waals surface area contributed by atoms with Crippen molar-refractivity contribution < 1.29 is 19.4 Å². The third kappa shape index (κ3) is 7.98. The highest BCUT2D eigenvalue weighted by Crippen LogP contribution is 2.34. The summed E-state index contributed by atoms with van der Waals surface area (Å²) in [5.41, 5.74) is 1.97. The minimum Gasteiger partial charge on any atom is -0.550 e. The molecule has 24 heavy (non-hydrogen) atoms. The van der Waals surface area contributed by atoms with E-state index in [0.717, 1.165) is 56.1 Å². The van der Waals surface area contributed by atoms with Crippen LogP contribution in [0.4, 0.5) is 0 Å². The maximum Gasteiger partial charge on any atom is 0.306 e. The molecule has 0 aromatic rings. The van der Waals surface area contributed by atoms with E-state index in [4.69, 9.17) is 4.74 Å². The Kier molecular flexibility index (Phi) is 10.4. The first-order chi connectivity index (χ1) is 11.6. The third-order valence-electron chi connectivity index (χ3n) is 4.72. The lowest BCUT2D eigenvalue weighted by Crippen LogP contribution is -2.23. The highest BCUT2D eigenvalue weighted by molar-refractivity contribution is 5.71. The predicted octanol–water partition coefficient (Wildman–Crippen LogP) is 4.07. The summed E-state index contributed by atoms with van der Waals surface area (Å²) in [6, 6.07) is 0. The molecule has 0 saturated carbocycles. The second kappa shape index (κ2) is 12.1. The molecule has 1 atom stereocenters. The van der Waals surface area contributed by atoms with Gasteiger partial charge in [-0.15, -0.1) is 0 Å². The fourth-order valence-corrected chi connectivity index (χ4v) is 3.37. The van der Waals surface area contributed by atoms with Crippen LogP contribution in [-0.2, 0) is 14.3 Å². The molecular weight excluding hydrogens is 304 g/mol. The van der Waals surface area contributed by atoms with E-state index in [0.29, 0.717) is 12.8 Å². The van der Waals surface area contributed by atoms with Crippen LogP contribution in [0.1, 0.15) is 97.3 Å². The molecule has 0 N–H and O–H groups in total. The van der Waals surface area contributed by atoms with Crippen molar-refractivity contribution in [3.8, 4) is 0 Å². The topological polar surface area (TPSA) is 66.4 Å². The Labute approximate surface area is 146 Å². The van der Waals surface area contributed by atoms with Gasteiger partial charge in [0.1, 0.15) is 6.10 Å². The highest BCUT2D eigenvalue weighted by atomic mass is 16.5. The van der Waals surface area contributed by atoms with E-state index in [9.17, 15) is 14.7 Å². The molecule has 1 aliphatic carbocycles. The molecule has 0 aromatic carbocycles. The van der Waals surface area contributed by atoms with Crippen LogP contribution in [0.25, 0.3) is 0 Å². The van der Waals surface area contributed by atoms with Crippen molar-refractivity contribution in [2.75, 3.05) is 0 Å². The molecule has 0 aliphatic heterocycles. The Hall–Kier alpha value is -1.32. The number of rotatable bonds is 13. The zero-order valence-electron chi connectivity index (χ0n) is 15.4. The van der Waals surface area contributed by atoms with Gasteiger partial charge in [-0.1, -0.05) is 57.9 Å². The minimum atomic E-state index is -1.04. The van der Waals surface area contributed by atoms with Gasteiger partial charge in [-0.3, -0.25) is 4.79 Å². The number of hydrogen-bond acceptors (Lipinski definition) is 4. The third-order valence-corrected chi connectivity index (χ3v) is 4.72. The van der Waals surface area contributed by atoms with E-state index in [1.165, 1.54) is 19.3 Å². The second-order valence-corrected chi connectivity index (χ2v) is 6.82. The molecule has 0 fully saturated rings. The first-order valence-electron chi connectivity index (χ1n) is 9.68. The monoisotopic (exact) mass is 337 g/mol. The van der Waals surface area contributed by atoms with Gasteiger partial charge in [-0.2, -0.15) is 0 Å². The molecule has 4 nitrogen and oxygen atoms in total. The van der Waals surface area contributed by atoms with Crippen LogP contribution in [0.5, 0.6) is 0 Å². The van der Waals surface area contributed by atoms with E-state index in [1.807, 2.05) is 0 Å².